The van der Waals surface area contributed by atoms with Crippen molar-refractivity contribution in [2.75, 3.05) is 5.73 Å². The van der Waals surface area contributed by atoms with Crippen LogP contribution in [0, 0.1) is 23.0 Å². The summed E-state index contributed by atoms with van der Waals surface area (Å²) in [4.78, 5) is 12.4. The van der Waals surface area contributed by atoms with Crippen LogP contribution >= 0.6 is 0 Å². The standard InChI is InChI=1S/C20H15F2N7/c21-15-5-4-14(16(22)7-15)10-26-11-19(29-25)18-8-17(27-20(24)28-18)13-3-1-2-12(6-13)9-23/h1-8,11H,10,25H2,(H2,24,27,28)/b26-11?,29-19+. The number of nitrogens with zero attached hydrogens (tertiary/aromatic N) is 5. The molecule has 0 atom stereocenters. The molecule has 0 aliphatic rings. The van der Waals surface area contributed by atoms with Crippen LogP contribution in [0.1, 0.15) is 16.8 Å². The average molecular weight is 391 g/mol. The first-order valence-corrected chi connectivity index (χ1v) is 8.37. The van der Waals surface area contributed by atoms with Gasteiger partial charge < -0.3 is 11.6 Å². The highest BCUT2D eigenvalue weighted by Gasteiger charge is 2.10. The highest BCUT2D eigenvalue weighted by molar-refractivity contribution is 6.37. The molecular weight excluding hydrogens is 376 g/mol. The van der Waals surface area contributed by atoms with E-state index in [1.165, 1.54) is 12.3 Å². The molecule has 4 N–H and O–H groups in total. The molecule has 1 heterocycles. The van der Waals surface area contributed by atoms with Crippen LogP contribution in [0.4, 0.5) is 14.7 Å². The van der Waals surface area contributed by atoms with E-state index in [1.54, 1.807) is 30.3 Å². The number of hydrogen-bond donors (Lipinski definition) is 2. The number of rotatable bonds is 5. The lowest BCUT2D eigenvalue weighted by Gasteiger charge is -2.06. The van der Waals surface area contributed by atoms with E-state index in [-0.39, 0.29) is 23.8 Å². The zero-order chi connectivity index (χ0) is 20.8. The maximum atomic E-state index is 13.7. The molecule has 0 radical (unpaired) electrons. The molecule has 9 heteroatoms. The fourth-order valence-corrected chi connectivity index (χ4v) is 2.54. The van der Waals surface area contributed by atoms with Crippen molar-refractivity contribution < 1.29 is 8.78 Å². The fraction of sp³-hybridized carbons (Fsp3) is 0.0500. The number of nitrogens with two attached hydrogens (primary N) is 2. The maximum Gasteiger partial charge on any atom is 0.221 e. The van der Waals surface area contributed by atoms with Crippen molar-refractivity contribution in [1.82, 2.24) is 9.97 Å². The summed E-state index contributed by atoms with van der Waals surface area (Å²) >= 11 is 0. The molecule has 0 saturated heterocycles. The van der Waals surface area contributed by atoms with Gasteiger partial charge in [0, 0.05) is 17.2 Å². The zero-order valence-electron chi connectivity index (χ0n) is 15.0. The molecule has 0 unspecified atom stereocenters. The van der Waals surface area contributed by atoms with E-state index in [4.69, 9.17) is 16.8 Å². The summed E-state index contributed by atoms with van der Waals surface area (Å²) in [6, 6.07) is 13.7. The van der Waals surface area contributed by atoms with Gasteiger partial charge in [-0.1, -0.05) is 18.2 Å². The Bertz CT molecular complexity index is 1150. The Morgan fingerprint density at radius 2 is 1.97 bits per heavy atom. The fourth-order valence-electron chi connectivity index (χ4n) is 2.54. The normalized spacial score (nSPS) is 11.6. The third kappa shape index (κ3) is 4.75. The SMILES string of the molecule is N#Cc1cccc(-c2cc(/C(C=NCc3ccc(F)cc3F)=N/N)nc(N)n2)c1. The van der Waals surface area contributed by atoms with Crippen LogP contribution in [0.3, 0.4) is 0 Å². The van der Waals surface area contributed by atoms with Crippen LogP contribution in [0.2, 0.25) is 0 Å². The van der Waals surface area contributed by atoms with Gasteiger partial charge in [0.2, 0.25) is 5.95 Å². The highest BCUT2D eigenvalue weighted by atomic mass is 19.1. The van der Waals surface area contributed by atoms with E-state index < -0.39 is 11.6 Å². The first kappa shape index (κ1) is 19.6. The monoisotopic (exact) mass is 391 g/mol. The zero-order valence-corrected chi connectivity index (χ0v) is 15.0. The molecule has 2 aromatic carbocycles. The Balaban J connectivity index is 1.87. The lowest BCUT2D eigenvalue weighted by Crippen LogP contribution is -2.11. The molecule has 144 valence electrons. The first-order valence-electron chi connectivity index (χ1n) is 8.37. The minimum absolute atomic E-state index is 0.0148. The minimum atomic E-state index is -0.695. The Hall–Kier alpha value is -4.19. The number of hydrogen-bond acceptors (Lipinski definition) is 7. The smallest absolute Gasteiger partial charge is 0.221 e. The quantitative estimate of drug-likeness (QED) is 0.393. The molecule has 3 rings (SSSR count). The van der Waals surface area contributed by atoms with Gasteiger partial charge in [-0.3, -0.25) is 4.99 Å². The summed E-state index contributed by atoms with van der Waals surface area (Å²) in [6.07, 6.45) is 1.32. The van der Waals surface area contributed by atoms with Gasteiger partial charge >= 0.3 is 0 Å². The summed E-state index contributed by atoms with van der Waals surface area (Å²) < 4.78 is 26.7. The van der Waals surface area contributed by atoms with E-state index in [1.807, 2.05) is 0 Å². The lowest BCUT2D eigenvalue weighted by molar-refractivity contribution is 0.573. The number of benzene rings is 2. The lowest BCUT2D eigenvalue weighted by atomic mass is 10.1. The summed E-state index contributed by atoms with van der Waals surface area (Å²) in [5.41, 5.74) is 8.13. The molecule has 0 fully saturated rings. The number of hydrazone groups is 1. The number of nitrogen functional groups attached to an aromatic ring is 1. The van der Waals surface area contributed by atoms with Gasteiger partial charge in [0.1, 0.15) is 17.3 Å². The van der Waals surface area contributed by atoms with Crippen LogP contribution in [0.15, 0.2) is 58.6 Å². The third-order valence-electron chi connectivity index (χ3n) is 3.92. The topological polar surface area (TPSA) is 126 Å². The van der Waals surface area contributed by atoms with Gasteiger partial charge in [0.25, 0.3) is 0 Å². The molecule has 0 saturated carbocycles. The summed E-state index contributed by atoms with van der Waals surface area (Å²) in [5, 5.41) is 12.7. The highest BCUT2D eigenvalue weighted by Crippen LogP contribution is 2.20. The van der Waals surface area contributed by atoms with Crippen LogP contribution in [-0.4, -0.2) is 21.9 Å². The predicted molar refractivity (Wildman–Crippen MR) is 106 cm³/mol. The number of halogens is 2. The molecule has 7 nitrogen and oxygen atoms in total. The molecule has 0 spiro atoms. The molecule has 29 heavy (non-hydrogen) atoms. The van der Waals surface area contributed by atoms with Crippen molar-refractivity contribution in [3.8, 4) is 17.3 Å². The van der Waals surface area contributed by atoms with Crippen LogP contribution in [0.5, 0.6) is 0 Å². The van der Waals surface area contributed by atoms with Crippen molar-refractivity contribution >= 4 is 17.9 Å². The predicted octanol–water partition coefficient (Wildman–Crippen LogP) is 2.81. The van der Waals surface area contributed by atoms with Crippen LogP contribution in [0.25, 0.3) is 11.3 Å². The summed E-state index contributed by atoms with van der Waals surface area (Å²) in [6.45, 7) is -0.0389. The number of nitriles is 1. The van der Waals surface area contributed by atoms with Gasteiger partial charge in [-0.25, -0.2) is 18.7 Å². The average Bonchev–Trinajstić information content (AvgIpc) is 2.72. The number of aliphatic imine (C=N–C) groups is 1. The molecule has 0 bridgehead atoms. The summed E-state index contributed by atoms with van der Waals surface area (Å²) in [5.74, 6) is 4.07. The molecule has 0 amide bonds. The van der Waals surface area contributed by atoms with Gasteiger partial charge in [-0.05, 0) is 24.3 Å². The third-order valence-corrected chi connectivity index (χ3v) is 3.92. The Morgan fingerprint density at radius 1 is 1.14 bits per heavy atom. The van der Waals surface area contributed by atoms with Crippen LogP contribution in [-0.2, 0) is 6.54 Å². The van der Waals surface area contributed by atoms with Gasteiger partial charge in [0.15, 0.2) is 0 Å². The van der Waals surface area contributed by atoms with E-state index in [2.05, 4.69) is 26.1 Å². The molecule has 0 aliphatic heterocycles. The molecule has 0 aliphatic carbocycles. The largest absolute Gasteiger partial charge is 0.368 e. The Morgan fingerprint density at radius 3 is 2.69 bits per heavy atom. The number of anilines is 1. The van der Waals surface area contributed by atoms with E-state index >= 15 is 0 Å². The minimum Gasteiger partial charge on any atom is -0.368 e. The molecule has 3 aromatic rings. The second kappa shape index (κ2) is 8.67. The van der Waals surface area contributed by atoms with E-state index in [9.17, 15) is 8.78 Å². The molecular formula is C20H15F2N7. The maximum absolute atomic E-state index is 13.7. The van der Waals surface area contributed by atoms with Crippen molar-refractivity contribution in [3.05, 3.63) is 77.0 Å². The Labute approximate surface area is 165 Å². The van der Waals surface area contributed by atoms with Crippen molar-refractivity contribution in [3.63, 3.8) is 0 Å². The van der Waals surface area contributed by atoms with Gasteiger partial charge in [0.05, 0.1) is 35.8 Å². The van der Waals surface area contributed by atoms with E-state index in [0.29, 0.717) is 22.5 Å². The second-order valence-electron chi connectivity index (χ2n) is 5.91. The van der Waals surface area contributed by atoms with Gasteiger partial charge in [-0.2, -0.15) is 10.4 Å². The van der Waals surface area contributed by atoms with Crippen molar-refractivity contribution in [1.29, 1.82) is 5.26 Å². The van der Waals surface area contributed by atoms with Crippen molar-refractivity contribution in [2.24, 2.45) is 15.9 Å². The number of aromatic nitrogens is 2. The summed E-state index contributed by atoms with van der Waals surface area (Å²) in [7, 11) is 0. The van der Waals surface area contributed by atoms with Crippen LogP contribution < -0.4 is 11.6 Å². The second-order valence-corrected chi connectivity index (χ2v) is 5.91. The Kier molecular flexibility index (Phi) is 5.85. The van der Waals surface area contributed by atoms with Crippen molar-refractivity contribution in [2.45, 2.75) is 6.54 Å². The van der Waals surface area contributed by atoms with E-state index in [0.717, 1.165) is 12.1 Å². The van der Waals surface area contributed by atoms with Gasteiger partial charge in [-0.15, -0.1) is 0 Å². The molecule has 1 aromatic heterocycles. The first-order chi connectivity index (χ1) is 14.0.